The molecule has 0 N–H and O–H groups in total. The summed E-state index contributed by atoms with van der Waals surface area (Å²) in [4.78, 5) is 21.3. The van der Waals surface area contributed by atoms with Gasteiger partial charge < -0.3 is 9.80 Å². The highest BCUT2D eigenvalue weighted by Gasteiger charge is 2.31. The van der Waals surface area contributed by atoms with Crippen LogP contribution >= 0.6 is 0 Å². The second-order valence-corrected chi connectivity index (χ2v) is 6.39. The Hall–Kier alpha value is -2.21. The Balaban J connectivity index is 1.77. The Morgan fingerprint density at radius 3 is 2.78 bits per heavy atom. The van der Waals surface area contributed by atoms with Crippen LogP contribution in [0.2, 0.25) is 0 Å². The number of aryl methyl sites for hydroxylation is 1. The maximum Gasteiger partial charge on any atom is 0.257 e. The zero-order chi connectivity index (χ0) is 16.4. The lowest BCUT2D eigenvalue weighted by Crippen LogP contribution is -2.30. The van der Waals surface area contributed by atoms with Crippen molar-refractivity contribution in [3.63, 3.8) is 0 Å². The Labute approximate surface area is 136 Å². The smallest absolute Gasteiger partial charge is 0.257 e. The highest BCUT2D eigenvalue weighted by Crippen LogP contribution is 2.32. The molecule has 1 aliphatic heterocycles. The number of hydrogen-bond acceptors (Lipinski definition) is 4. The summed E-state index contributed by atoms with van der Waals surface area (Å²) in [6.07, 6.45) is 7.29. The average molecular weight is 313 g/mol. The lowest BCUT2D eigenvalue weighted by molar-refractivity contribution is 0.0733. The fraction of sp³-hybridized carbons (Fsp3) is 0.471. The molecule has 3 rings (SSSR count). The van der Waals surface area contributed by atoms with Crippen molar-refractivity contribution in [1.82, 2.24) is 24.6 Å². The van der Waals surface area contributed by atoms with Crippen LogP contribution in [0.3, 0.4) is 0 Å². The van der Waals surface area contributed by atoms with Gasteiger partial charge in [0.1, 0.15) is 0 Å². The zero-order valence-corrected chi connectivity index (χ0v) is 13.9. The first kappa shape index (κ1) is 15.7. The maximum absolute atomic E-state index is 12.7. The number of pyridine rings is 1. The maximum atomic E-state index is 12.7. The van der Waals surface area contributed by atoms with E-state index in [0.29, 0.717) is 5.56 Å². The molecular weight excluding hydrogens is 290 g/mol. The highest BCUT2D eigenvalue weighted by molar-refractivity contribution is 5.94. The van der Waals surface area contributed by atoms with Gasteiger partial charge in [-0.1, -0.05) is 6.07 Å². The van der Waals surface area contributed by atoms with Gasteiger partial charge >= 0.3 is 0 Å². The first-order chi connectivity index (χ1) is 11.0. The van der Waals surface area contributed by atoms with E-state index in [9.17, 15) is 4.79 Å². The second kappa shape index (κ2) is 6.50. The quantitative estimate of drug-likeness (QED) is 0.864. The van der Waals surface area contributed by atoms with Crippen molar-refractivity contribution in [2.75, 3.05) is 20.6 Å². The summed E-state index contributed by atoms with van der Waals surface area (Å²) in [5.74, 6) is 0.0415. The van der Waals surface area contributed by atoms with Crippen LogP contribution in [0, 0.1) is 0 Å². The van der Waals surface area contributed by atoms with Crippen LogP contribution in [0.1, 0.15) is 40.5 Å². The topological polar surface area (TPSA) is 54.3 Å². The second-order valence-electron chi connectivity index (χ2n) is 6.39. The molecule has 0 aromatic carbocycles. The van der Waals surface area contributed by atoms with Crippen molar-refractivity contribution in [2.45, 2.75) is 25.4 Å². The Morgan fingerprint density at radius 1 is 1.35 bits per heavy atom. The van der Waals surface area contributed by atoms with Crippen LogP contribution < -0.4 is 0 Å². The molecule has 0 spiro atoms. The van der Waals surface area contributed by atoms with E-state index in [0.717, 1.165) is 31.6 Å². The molecule has 23 heavy (non-hydrogen) atoms. The van der Waals surface area contributed by atoms with E-state index in [1.807, 2.05) is 32.2 Å². The molecule has 1 saturated heterocycles. The Kier molecular flexibility index (Phi) is 4.43. The first-order valence-electron chi connectivity index (χ1n) is 7.94. The standard InChI is InChI=1S/C17H23N5O/c1-20(2)11-13-6-7-15(18-9-13)16-5-4-8-22(16)17(23)14-10-19-21(3)12-14/h6-7,9-10,12,16H,4-5,8,11H2,1-3H3/t16-/m0/s1. The third-order valence-corrected chi connectivity index (χ3v) is 4.15. The van der Waals surface area contributed by atoms with Gasteiger partial charge in [-0.2, -0.15) is 5.10 Å². The number of carbonyl (C=O) groups is 1. The summed E-state index contributed by atoms with van der Waals surface area (Å²) < 4.78 is 1.66. The molecule has 0 radical (unpaired) electrons. The predicted molar refractivity (Wildman–Crippen MR) is 87.8 cm³/mol. The van der Waals surface area contributed by atoms with Crippen molar-refractivity contribution in [3.8, 4) is 0 Å². The van der Waals surface area contributed by atoms with Crippen molar-refractivity contribution in [3.05, 3.63) is 47.5 Å². The molecule has 1 amide bonds. The molecular formula is C17H23N5O. The molecule has 0 aliphatic carbocycles. The van der Waals surface area contributed by atoms with Gasteiger partial charge in [-0.05, 0) is 38.6 Å². The van der Waals surface area contributed by atoms with E-state index < -0.39 is 0 Å². The Morgan fingerprint density at radius 2 is 2.17 bits per heavy atom. The van der Waals surface area contributed by atoms with E-state index in [2.05, 4.69) is 27.1 Å². The molecule has 0 saturated carbocycles. The van der Waals surface area contributed by atoms with Gasteiger partial charge in [0.15, 0.2) is 0 Å². The summed E-state index contributed by atoms with van der Waals surface area (Å²) in [6, 6.07) is 4.22. The fourth-order valence-corrected chi connectivity index (χ4v) is 3.11. The van der Waals surface area contributed by atoms with E-state index in [-0.39, 0.29) is 11.9 Å². The summed E-state index contributed by atoms with van der Waals surface area (Å²) in [6.45, 7) is 1.65. The minimum absolute atomic E-state index is 0.0415. The van der Waals surface area contributed by atoms with Crippen LogP contribution in [0.4, 0.5) is 0 Å². The van der Waals surface area contributed by atoms with Crippen LogP contribution in [-0.4, -0.2) is 51.1 Å². The molecule has 6 nitrogen and oxygen atoms in total. The van der Waals surface area contributed by atoms with E-state index in [1.165, 1.54) is 5.56 Å². The van der Waals surface area contributed by atoms with Gasteiger partial charge in [0.25, 0.3) is 5.91 Å². The van der Waals surface area contributed by atoms with Gasteiger partial charge in [0, 0.05) is 32.5 Å². The lowest BCUT2D eigenvalue weighted by atomic mass is 10.1. The summed E-state index contributed by atoms with van der Waals surface area (Å²) >= 11 is 0. The van der Waals surface area contributed by atoms with Crippen LogP contribution in [0.5, 0.6) is 0 Å². The van der Waals surface area contributed by atoms with E-state index in [1.54, 1.807) is 17.1 Å². The van der Waals surface area contributed by atoms with E-state index in [4.69, 9.17) is 0 Å². The van der Waals surface area contributed by atoms with Crippen molar-refractivity contribution >= 4 is 5.91 Å². The number of amides is 1. The van der Waals surface area contributed by atoms with E-state index >= 15 is 0 Å². The number of rotatable bonds is 4. The SMILES string of the molecule is CN(C)Cc1ccc([C@@H]2CCCN2C(=O)c2cnn(C)c2)nc1. The van der Waals surface area contributed by atoms with Crippen LogP contribution in [-0.2, 0) is 13.6 Å². The molecule has 122 valence electrons. The molecule has 0 bridgehead atoms. The van der Waals surface area contributed by atoms with Crippen LogP contribution in [0.25, 0.3) is 0 Å². The Bertz CT molecular complexity index is 677. The largest absolute Gasteiger partial charge is 0.330 e. The number of likely N-dealkylation sites (tertiary alicyclic amines) is 1. The summed E-state index contributed by atoms with van der Waals surface area (Å²) in [7, 11) is 5.90. The molecule has 0 unspecified atom stereocenters. The zero-order valence-electron chi connectivity index (χ0n) is 13.9. The van der Waals surface area contributed by atoms with Gasteiger partial charge in [-0.15, -0.1) is 0 Å². The molecule has 1 atom stereocenters. The average Bonchev–Trinajstić information content (AvgIpc) is 3.15. The monoisotopic (exact) mass is 313 g/mol. The van der Waals surface area contributed by atoms with Crippen molar-refractivity contribution < 1.29 is 4.79 Å². The molecule has 1 fully saturated rings. The minimum atomic E-state index is 0.0415. The lowest BCUT2D eigenvalue weighted by Gasteiger charge is -2.24. The normalized spacial score (nSPS) is 17.9. The van der Waals surface area contributed by atoms with Crippen molar-refractivity contribution in [2.24, 2.45) is 7.05 Å². The minimum Gasteiger partial charge on any atom is -0.330 e. The highest BCUT2D eigenvalue weighted by atomic mass is 16.2. The molecule has 3 heterocycles. The molecule has 6 heteroatoms. The number of aromatic nitrogens is 3. The molecule has 1 aliphatic rings. The van der Waals surface area contributed by atoms with Crippen molar-refractivity contribution in [1.29, 1.82) is 0 Å². The van der Waals surface area contributed by atoms with Gasteiger partial charge in [0.2, 0.25) is 0 Å². The van der Waals surface area contributed by atoms with Gasteiger partial charge in [-0.3, -0.25) is 14.5 Å². The number of hydrogen-bond donors (Lipinski definition) is 0. The van der Waals surface area contributed by atoms with Gasteiger partial charge in [0.05, 0.1) is 23.5 Å². The molecule has 2 aromatic heterocycles. The number of carbonyl (C=O) groups excluding carboxylic acids is 1. The summed E-state index contributed by atoms with van der Waals surface area (Å²) in [5.41, 5.74) is 2.80. The van der Waals surface area contributed by atoms with Crippen LogP contribution in [0.15, 0.2) is 30.7 Å². The predicted octanol–water partition coefficient (Wildman–Crippen LogP) is 1.85. The first-order valence-corrected chi connectivity index (χ1v) is 7.94. The fourth-order valence-electron chi connectivity index (χ4n) is 3.11. The van der Waals surface area contributed by atoms with Gasteiger partial charge in [-0.25, -0.2) is 0 Å². The third-order valence-electron chi connectivity index (χ3n) is 4.15. The summed E-state index contributed by atoms with van der Waals surface area (Å²) in [5, 5.41) is 4.09. The number of nitrogens with zero attached hydrogens (tertiary/aromatic N) is 5. The molecule has 2 aromatic rings. The third kappa shape index (κ3) is 3.42.